The van der Waals surface area contributed by atoms with Crippen molar-refractivity contribution in [2.75, 3.05) is 6.54 Å². The van der Waals surface area contributed by atoms with E-state index in [1.807, 2.05) is 16.7 Å². The first-order valence-electron chi connectivity index (χ1n) is 8.45. The number of rotatable bonds is 6. The second-order valence-electron chi connectivity index (χ2n) is 6.71. The number of fused-ring (bicyclic) bond motifs is 1. The Bertz CT molecular complexity index is 825. The van der Waals surface area contributed by atoms with Crippen molar-refractivity contribution >= 4 is 17.0 Å². The van der Waals surface area contributed by atoms with Gasteiger partial charge in [0.2, 0.25) is 0 Å². The molecule has 0 bridgehead atoms. The topological polar surface area (TPSA) is 47.2 Å². The van der Waals surface area contributed by atoms with E-state index in [0.717, 1.165) is 23.1 Å². The molecule has 2 heterocycles. The molecule has 0 unspecified atom stereocenters. The van der Waals surface area contributed by atoms with Gasteiger partial charge in [0.1, 0.15) is 5.69 Å². The van der Waals surface area contributed by atoms with Gasteiger partial charge in [-0.25, -0.2) is 0 Å². The first-order valence-corrected chi connectivity index (χ1v) is 8.45. The number of benzene rings is 1. The summed E-state index contributed by atoms with van der Waals surface area (Å²) < 4.78 is 7.51. The molecule has 0 aliphatic heterocycles. The Hall–Kier alpha value is -2.49. The summed E-state index contributed by atoms with van der Waals surface area (Å²) in [4.78, 5) is 12.6. The Morgan fingerprint density at radius 3 is 2.67 bits per heavy atom. The zero-order valence-corrected chi connectivity index (χ0v) is 14.5. The molecule has 0 saturated carbocycles. The Morgan fingerprint density at radius 2 is 1.96 bits per heavy atom. The number of carbonyl (C=O) groups excluding carboxylic acids is 1. The molecule has 0 fully saturated rings. The predicted molar refractivity (Wildman–Crippen MR) is 96.3 cm³/mol. The molecule has 1 aromatic carbocycles. The lowest BCUT2D eigenvalue weighted by Crippen LogP contribution is -2.27. The van der Waals surface area contributed by atoms with Crippen LogP contribution in [0.2, 0.25) is 0 Å². The minimum atomic E-state index is -0.0471. The molecule has 2 aromatic heterocycles. The molecule has 1 amide bonds. The van der Waals surface area contributed by atoms with Crippen LogP contribution in [-0.4, -0.2) is 17.0 Å². The van der Waals surface area contributed by atoms with Crippen LogP contribution in [-0.2, 0) is 6.54 Å². The van der Waals surface area contributed by atoms with Crippen molar-refractivity contribution in [1.82, 2.24) is 9.88 Å². The lowest BCUT2D eigenvalue weighted by molar-refractivity contribution is 0.0943. The van der Waals surface area contributed by atoms with Gasteiger partial charge in [0.15, 0.2) is 5.58 Å². The van der Waals surface area contributed by atoms with Crippen LogP contribution >= 0.6 is 0 Å². The molecule has 24 heavy (non-hydrogen) atoms. The number of aromatic nitrogens is 1. The molecule has 1 N–H and O–H groups in total. The molecule has 3 rings (SSSR count). The third-order valence-electron chi connectivity index (χ3n) is 4.22. The standard InChI is InChI=1S/C20H24N2O2/c1-14(2)8-10-21-20(23)18-12-19-17(9-11-24-19)22(18)13-16-6-4-15(3)5-7-16/h4-7,9,11-12,14H,8,10,13H2,1-3H3,(H,21,23). The second kappa shape index (κ2) is 6.95. The van der Waals surface area contributed by atoms with Gasteiger partial charge < -0.3 is 14.3 Å². The number of aryl methyl sites for hydroxylation is 1. The van der Waals surface area contributed by atoms with Crippen LogP contribution < -0.4 is 5.32 Å². The summed E-state index contributed by atoms with van der Waals surface area (Å²) in [5.74, 6) is 0.523. The monoisotopic (exact) mass is 324 g/mol. The maximum Gasteiger partial charge on any atom is 0.268 e. The maximum absolute atomic E-state index is 12.6. The molecule has 0 atom stereocenters. The van der Waals surface area contributed by atoms with Gasteiger partial charge in [-0.15, -0.1) is 0 Å². The number of amides is 1. The first kappa shape index (κ1) is 16.4. The molecule has 0 radical (unpaired) electrons. The molecule has 0 aliphatic carbocycles. The fraction of sp³-hybridized carbons (Fsp3) is 0.350. The van der Waals surface area contributed by atoms with E-state index in [2.05, 4.69) is 50.4 Å². The van der Waals surface area contributed by atoms with E-state index in [9.17, 15) is 4.79 Å². The molecular weight excluding hydrogens is 300 g/mol. The third kappa shape index (κ3) is 3.53. The van der Waals surface area contributed by atoms with E-state index in [1.54, 1.807) is 6.26 Å². The fourth-order valence-electron chi connectivity index (χ4n) is 2.78. The highest BCUT2D eigenvalue weighted by Gasteiger charge is 2.17. The second-order valence-corrected chi connectivity index (χ2v) is 6.71. The normalized spacial score (nSPS) is 11.3. The number of hydrogen-bond donors (Lipinski definition) is 1. The van der Waals surface area contributed by atoms with E-state index in [-0.39, 0.29) is 5.91 Å². The van der Waals surface area contributed by atoms with Gasteiger partial charge in [0, 0.05) is 25.2 Å². The maximum atomic E-state index is 12.6. The smallest absolute Gasteiger partial charge is 0.268 e. The van der Waals surface area contributed by atoms with Crippen molar-refractivity contribution in [3.8, 4) is 0 Å². The summed E-state index contributed by atoms with van der Waals surface area (Å²) in [6, 6.07) is 12.1. The number of furan rings is 1. The van der Waals surface area contributed by atoms with Crippen molar-refractivity contribution in [2.45, 2.75) is 33.7 Å². The largest absolute Gasteiger partial charge is 0.463 e. The Balaban J connectivity index is 1.86. The van der Waals surface area contributed by atoms with E-state index < -0.39 is 0 Å². The third-order valence-corrected chi connectivity index (χ3v) is 4.22. The highest BCUT2D eigenvalue weighted by atomic mass is 16.3. The fourth-order valence-corrected chi connectivity index (χ4v) is 2.78. The molecular formula is C20H24N2O2. The van der Waals surface area contributed by atoms with Gasteiger partial charge >= 0.3 is 0 Å². The first-order chi connectivity index (χ1) is 11.5. The predicted octanol–water partition coefficient (Wildman–Crippen LogP) is 4.37. The van der Waals surface area contributed by atoms with Crippen molar-refractivity contribution in [2.24, 2.45) is 5.92 Å². The van der Waals surface area contributed by atoms with Crippen LogP contribution in [0.15, 0.2) is 47.1 Å². The van der Waals surface area contributed by atoms with Crippen LogP contribution in [0.25, 0.3) is 11.1 Å². The van der Waals surface area contributed by atoms with Crippen molar-refractivity contribution in [3.05, 3.63) is 59.5 Å². The molecule has 0 spiro atoms. The van der Waals surface area contributed by atoms with E-state index in [4.69, 9.17) is 4.42 Å². The minimum Gasteiger partial charge on any atom is -0.463 e. The van der Waals surface area contributed by atoms with Gasteiger partial charge in [0.25, 0.3) is 5.91 Å². The van der Waals surface area contributed by atoms with Crippen molar-refractivity contribution < 1.29 is 9.21 Å². The van der Waals surface area contributed by atoms with E-state index in [0.29, 0.717) is 24.7 Å². The number of carbonyl (C=O) groups is 1. The number of nitrogens with one attached hydrogen (secondary N) is 1. The summed E-state index contributed by atoms with van der Waals surface area (Å²) in [7, 11) is 0. The van der Waals surface area contributed by atoms with Gasteiger partial charge in [-0.05, 0) is 24.8 Å². The minimum absolute atomic E-state index is 0.0471. The van der Waals surface area contributed by atoms with Crippen LogP contribution in [0.4, 0.5) is 0 Å². The average Bonchev–Trinajstić information content (AvgIpc) is 3.11. The highest BCUT2D eigenvalue weighted by molar-refractivity contribution is 5.97. The summed E-state index contributed by atoms with van der Waals surface area (Å²) in [5.41, 5.74) is 4.73. The average molecular weight is 324 g/mol. The highest BCUT2D eigenvalue weighted by Crippen LogP contribution is 2.22. The molecule has 4 heteroatoms. The van der Waals surface area contributed by atoms with Gasteiger partial charge in [-0.1, -0.05) is 43.7 Å². The SMILES string of the molecule is Cc1ccc(Cn2c(C(=O)NCCC(C)C)cc3occc32)cc1. The van der Waals surface area contributed by atoms with E-state index >= 15 is 0 Å². The lowest BCUT2D eigenvalue weighted by Gasteiger charge is -2.11. The van der Waals surface area contributed by atoms with Crippen LogP contribution in [0.5, 0.6) is 0 Å². The summed E-state index contributed by atoms with van der Waals surface area (Å²) >= 11 is 0. The number of hydrogen-bond acceptors (Lipinski definition) is 2. The van der Waals surface area contributed by atoms with Crippen LogP contribution in [0.3, 0.4) is 0 Å². The molecule has 3 aromatic rings. The molecule has 0 saturated heterocycles. The summed E-state index contributed by atoms with van der Waals surface area (Å²) in [6.07, 6.45) is 2.64. The van der Waals surface area contributed by atoms with Gasteiger partial charge in [0.05, 0.1) is 11.8 Å². The lowest BCUT2D eigenvalue weighted by atomic mass is 10.1. The van der Waals surface area contributed by atoms with Crippen LogP contribution in [0, 0.1) is 12.8 Å². The summed E-state index contributed by atoms with van der Waals surface area (Å²) in [5, 5.41) is 3.01. The quantitative estimate of drug-likeness (QED) is 0.732. The van der Waals surface area contributed by atoms with Crippen molar-refractivity contribution in [3.63, 3.8) is 0 Å². The van der Waals surface area contributed by atoms with Crippen LogP contribution in [0.1, 0.15) is 41.9 Å². The van der Waals surface area contributed by atoms with E-state index in [1.165, 1.54) is 5.56 Å². The Kier molecular flexibility index (Phi) is 4.74. The Morgan fingerprint density at radius 1 is 1.21 bits per heavy atom. The number of nitrogens with zero attached hydrogens (tertiary/aromatic N) is 1. The molecule has 4 nitrogen and oxygen atoms in total. The van der Waals surface area contributed by atoms with Gasteiger partial charge in [-0.2, -0.15) is 0 Å². The Labute approximate surface area is 142 Å². The van der Waals surface area contributed by atoms with Gasteiger partial charge in [-0.3, -0.25) is 4.79 Å². The zero-order chi connectivity index (χ0) is 17.1. The molecule has 126 valence electrons. The van der Waals surface area contributed by atoms with Crippen molar-refractivity contribution in [1.29, 1.82) is 0 Å². The summed E-state index contributed by atoms with van der Waals surface area (Å²) in [6.45, 7) is 7.71. The molecule has 0 aliphatic rings. The zero-order valence-electron chi connectivity index (χ0n) is 14.5.